The summed E-state index contributed by atoms with van der Waals surface area (Å²) in [5.74, 6) is 0.195. The van der Waals surface area contributed by atoms with Gasteiger partial charge in [-0.2, -0.15) is 0 Å². The Morgan fingerprint density at radius 3 is 2.80 bits per heavy atom. The van der Waals surface area contributed by atoms with Crippen molar-refractivity contribution >= 4 is 15.9 Å². The van der Waals surface area contributed by atoms with E-state index >= 15 is 0 Å². The van der Waals surface area contributed by atoms with Crippen LogP contribution >= 0.6 is 15.9 Å². The minimum Gasteiger partial charge on any atom is -0.372 e. The van der Waals surface area contributed by atoms with Crippen LogP contribution in [0.5, 0.6) is 0 Å². The molecular weight excluding hydrogens is 319 g/mol. The molecule has 0 bridgehead atoms. The van der Waals surface area contributed by atoms with Gasteiger partial charge >= 0.3 is 0 Å². The first kappa shape index (κ1) is 14.5. The standard InChI is InChI=1S/C17H22BrFO/c18-12-14(13-4-3-5-15(19)10-13)11-16-6-9-17(20-16)7-1-2-8-17/h3-5,10,14,16H,1-2,6-9,11-12H2. The maximum atomic E-state index is 13.4. The zero-order chi connectivity index (χ0) is 14.0. The highest BCUT2D eigenvalue weighted by molar-refractivity contribution is 9.09. The molecule has 1 saturated heterocycles. The lowest BCUT2D eigenvalue weighted by atomic mass is 9.93. The van der Waals surface area contributed by atoms with Gasteiger partial charge in [-0.25, -0.2) is 4.39 Å². The van der Waals surface area contributed by atoms with Gasteiger partial charge in [0.1, 0.15) is 5.82 Å². The summed E-state index contributed by atoms with van der Waals surface area (Å²) in [7, 11) is 0. The molecular formula is C17H22BrFO. The lowest BCUT2D eigenvalue weighted by Gasteiger charge is -2.25. The number of rotatable bonds is 4. The van der Waals surface area contributed by atoms with Crippen LogP contribution in [-0.2, 0) is 4.74 Å². The molecule has 1 aromatic carbocycles. The first-order valence-electron chi connectivity index (χ1n) is 7.70. The fourth-order valence-electron chi connectivity index (χ4n) is 3.81. The van der Waals surface area contributed by atoms with Crippen molar-refractivity contribution in [1.29, 1.82) is 0 Å². The van der Waals surface area contributed by atoms with Gasteiger partial charge in [-0.15, -0.1) is 0 Å². The highest BCUT2D eigenvalue weighted by Crippen LogP contribution is 2.45. The third kappa shape index (κ3) is 3.09. The molecule has 3 heteroatoms. The maximum absolute atomic E-state index is 13.4. The van der Waals surface area contributed by atoms with Crippen molar-refractivity contribution in [2.45, 2.75) is 62.6 Å². The van der Waals surface area contributed by atoms with Crippen molar-refractivity contribution in [1.82, 2.24) is 0 Å². The van der Waals surface area contributed by atoms with E-state index in [4.69, 9.17) is 4.74 Å². The van der Waals surface area contributed by atoms with Crippen LogP contribution in [0.1, 0.15) is 56.4 Å². The molecule has 110 valence electrons. The quantitative estimate of drug-likeness (QED) is 0.685. The number of hydrogen-bond acceptors (Lipinski definition) is 1. The fourth-order valence-corrected chi connectivity index (χ4v) is 4.45. The Kier molecular flexibility index (Phi) is 4.46. The summed E-state index contributed by atoms with van der Waals surface area (Å²) in [6, 6.07) is 6.99. The van der Waals surface area contributed by atoms with E-state index in [-0.39, 0.29) is 11.4 Å². The zero-order valence-electron chi connectivity index (χ0n) is 11.8. The van der Waals surface area contributed by atoms with Gasteiger partial charge in [0.25, 0.3) is 0 Å². The van der Waals surface area contributed by atoms with Crippen LogP contribution in [0.4, 0.5) is 4.39 Å². The third-order valence-electron chi connectivity index (χ3n) is 4.91. The minimum atomic E-state index is -0.145. The summed E-state index contributed by atoms with van der Waals surface area (Å²) in [4.78, 5) is 0. The zero-order valence-corrected chi connectivity index (χ0v) is 13.4. The van der Waals surface area contributed by atoms with E-state index in [1.165, 1.54) is 44.6 Å². The summed E-state index contributed by atoms with van der Waals surface area (Å²) >= 11 is 3.58. The lowest BCUT2D eigenvalue weighted by Crippen LogP contribution is -2.25. The molecule has 3 rings (SSSR count). The second-order valence-electron chi connectivity index (χ2n) is 6.31. The average Bonchev–Trinajstić information content (AvgIpc) is 3.07. The van der Waals surface area contributed by atoms with Gasteiger partial charge in [0.2, 0.25) is 0 Å². The van der Waals surface area contributed by atoms with Crippen LogP contribution in [0, 0.1) is 5.82 Å². The van der Waals surface area contributed by atoms with Gasteiger partial charge in [-0.1, -0.05) is 40.9 Å². The maximum Gasteiger partial charge on any atom is 0.123 e. The van der Waals surface area contributed by atoms with Gasteiger partial charge in [-0.3, -0.25) is 0 Å². The largest absolute Gasteiger partial charge is 0.372 e. The first-order chi connectivity index (χ1) is 9.71. The van der Waals surface area contributed by atoms with E-state index in [1.807, 2.05) is 6.07 Å². The molecule has 2 atom stereocenters. The first-order valence-corrected chi connectivity index (χ1v) is 8.82. The van der Waals surface area contributed by atoms with Gasteiger partial charge < -0.3 is 4.74 Å². The van der Waals surface area contributed by atoms with Crippen LogP contribution in [0.2, 0.25) is 0 Å². The van der Waals surface area contributed by atoms with Crippen molar-refractivity contribution in [2.24, 2.45) is 0 Å². The molecule has 1 spiro atoms. The topological polar surface area (TPSA) is 9.23 Å². The smallest absolute Gasteiger partial charge is 0.123 e. The van der Waals surface area contributed by atoms with Gasteiger partial charge in [0, 0.05) is 5.33 Å². The van der Waals surface area contributed by atoms with Crippen LogP contribution in [0.3, 0.4) is 0 Å². The number of halogens is 2. The van der Waals surface area contributed by atoms with Crippen LogP contribution in [-0.4, -0.2) is 17.0 Å². The van der Waals surface area contributed by atoms with E-state index in [0.29, 0.717) is 12.0 Å². The van der Waals surface area contributed by atoms with Crippen molar-refractivity contribution in [2.75, 3.05) is 5.33 Å². The highest BCUT2D eigenvalue weighted by atomic mass is 79.9. The molecule has 0 aromatic heterocycles. The molecule has 1 aliphatic heterocycles. The summed E-state index contributed by atoms with van der Waals surface area (Å²) in [6.45, 7) is 0. The molecule has 0 amide bonds. The monoisotopic (exact) mass is 340 g/mol. The molecule has 0 N–H and O–H groups in total. The van der Waals surface area contributed by atoms with Crippen molar-refractivity contribution in [3.8, 4) is 0 Å². The van der Waals surface area contributed by atoms with Crippen LogP contribution in [0.25, 0.3) is 0 Å². The molecule has 20 heavy (non-hydrogen) atoms. The molecule has 1 nitrogen and oxygen atoms in total. The summed E-state index contributed by atoms with van der Waals surface area (Å²) in [5, 5.41) is 0.864. The highest BCUT2D eigenvalue weighted by Gasteiger charge is 2.42. The molecule has 1 aliphatic carbocycles. The average molecular weight is 341 g/mol. The molecule has 0 radical (unpaired) electrons. The van der Waals surface area contributed by atoms with E-state index < -0.39 is 0 Å². The Labute approximate surface area is 129 Å². The molecule has 1 saturated carbocycles. The van der Waals surface area contributed by atoms with Gasteiger partial charge in [-0.05, 0) is 55.7 Å². The number of hydrogen-bond donors (Lipinski definition) is 0. The second-order valence-corrected chi connectivity index (χ2v) is 6.96. The summed E-state index contributed by atoms with van der Waals surface area (Å²) in [5.41, 5.74) is 1.28. The Hall–Kier alpha value is -0.410. The van der Waals surface area contributed by atoms with Crippen LogP contribution < -0.4 is 0 Å². The predicted molar refractivity (Wildman–Crippen MR) is 82.9 cm³/mol. The Morgan fingerprint density at radius 2 is 2.10 bits per heavy atom. The van der Waals surface area contributed by atoms with Crippen molar-refractivity contribution in [3.05, 3.63) is 35.6 Å². The molecule has 2 aliphatic rings. The van der Waals surface area contributed by atoms with E-state index in [0.717, 1.165) is 17.3 Å². The number of benzene rings is 1. The number of ether oxygens (including phenoxy) is 1. The van der Waals surface area contributed by atoms with Gasteiger partial charge in [0.15, 0.2) is 0 Å². The van der Waals surface area contributed by atoms with Crippen molar-refractivity contribution in [3.63, 3.8) is 0 Å². The lowest BCUT2D eigenvalue weighted by molar-refractivity contribution is -0.0404. The Morgan fingerprint density at radius 1 is 1.30 bits per heavy atom. The SMILES string of the molecule is Fc1cccc(C(CBr)CC2CCC3(CCCC3)O2)c1. The molecule has 1 heterocycles. The molecule has 2 fully saturated rings. The summed E-state index contributed by atoms with van der Waals surface area (Å²) in [6.07, 6.45) is 8.84. The van der Waals surface area contributed by atoms with E-state index in [2.05, 4.69) is 15.9 Å². The summed E-state index contributed by atoms with van der Waals surface area (Å²) < 4.78 is 19.8. The normalized spacial score (nSPS) is 26.2. The van der Waals surface area contributed by atoms with Crippen LogP contribution in [0.15, 0.2) is 24.3 Å². The van der Waals surface area contributed by atoms with E-state index in [9.17, 15) is 4.39 Å². The van der Waals surface area contributed by atoms with Gasteiger partial charge in [0.05, 0.1) is 11.7 Å². The minimum absolute atomic E-state index is 0.145. The third-order valence-corrected chi connectivity index (χ3v) is 5.69. The Bertz CT molecular complexity index is 456. The fraction of sp³-hybridized carbons (Fsp3) is 0.647. The van der Waals surface area contributed by atoms with E-state index in [1.54, 1.807) is 12.1 Å². The molecule has 1 aromatic rings. The second kappa shape index (κ2) is 6.15. The Balaban J connectivity index is 1.64. The molecule has 2 unspecified atom stereocenters. The number of alkyl halides is 1. The predicted octanol–water partition coefficient (Wildman–Crippen LogP) is 5.19. The van der Waals surface area contributed by atoms with Crippen molar-refractivity contribution < 1.29 is 9.13 Å².